The molecular weight excluding hydrogens is 328 g/mol. The molecule has 2 N–H and O–H groups in total. The van der Waals surface area contributed by atoms with Gasteiger partial charge in [-0.25, -0.2) is 0 Å². The number of benzene rings is 1. The van der Waals surface area contributed by atoms with Crippen LogP contribution in [0, 0.1) is 0 Å². The van der Waals surface area contributed by atoms with Gasteiger partial charge >= 0.3 is 0 Å². The molecule has 1 heterocycles. The number of nitrogens with one attached hydrogen (secondary N) is 2. The molecule has 0 aliphatic carbocycles. The zero-order valence-electron chi connectivity index (χ0n) is 16.3. The molecular formula is C20H34N4O2. The normalized spacial score (nSPS) is 15.1. The Morgan fingerprint density at radius 2 is 1.81 bits per heavy atom. The van der Waals surface area contributed by atoms with Crippen molar-refractivity contribution < 1.29 is 9.47 Å². The van der Waals surface area contributed by atoms with Crippen molar-refractivity contribution in [2.75, 3.05) is 53.0 Å². The number of hydrogen-bond acceptors (Lipinski definition) is 4. The topological polar surface area (TPSA) is 58.1 Å². The smallest absolute Gasteiger partial charge is 0.191 e. The van der Waals surface area contributed by atoms with Crippen LogP contribution in [0.1, 0.15) is 32.6 Å². The summed E-state index contributed by atoms with van der Waals surface area (Å²) in [7, 11) is 1.66. The molecule has 0 unspecified atom stereocenters. The Morgan fingerprint density at radius 3 is 2.50 bits per heavy atom. The summed E-state index contributed by atoms with van der Waals surface area (Å²) < 4.78 is 10.9. The number of likely N-dealkylation sites (tertiary alicyclic amines) is 1. The fourth-order valence-corrected chi connectivity index (χ4v) is 3.00. The maximum absolute atomic E-state index is 5.73. The van der Waals surface area contributed by atoms with Gasteiger partial charge in [0.25, 0.3) is 0 Å². The Hall–Kier alpha value is -1.95. The molecule has 1 aliphatic rings. The number of nitrogens with zero attached hydrogens (tertiary/aromatic N) is 2. The summed E-state index contributed by atoms with van der Waals surface area (Å²) in [5.74, 6) is 2.55. The van der Waals surface area contributed by atoms with Gasteiger partial charge in [0.05, 0.1) is 13.7 Å². The Kier molecular flexibility index (Phi) is 9.72. The van der Waals surface area contributed by atoms with Gasteiger partial charge in [0.1, 0.15) is 18.1 Å². The molecule has 0 atom stereocenters. The van der Waals surface area contributed by atoms with E-state index in [1.54, 1.807) is 7.11 Å². The number of unbranched alkanes of at least 4 members (excludes halogenated alkanes) is 1. The quantitative estimate of drug-likeness (QED) is 0.360. The molecule has 6 heteroatoms. The number of methoxy groups -OCH3 is 1. The van der Waals surface area contributed by atoms with E-state index in [-0.39, 0.29) is 0 Å². The lowest BCUT2D eigenvalue weighted by Crippen LogP contribution is -2.39. The van der Waals surface area contributed by atoms with Crippen molar-refractivity contribution in [3.63, 3.8) is 0 Å². The first kappa shape index (κ1) is 20.4. The SMILES string of the molecule is CCNC(=NCCCCN1CCCC1)NCCOc1ccc(OC)cc1. The van der Waals surface area contributed by atoms with E-state index in [9.17, 15) is 0 Å². The van der Waals surface area contributed by atoms with Crippen molar-refractivity contribution in [3.05, 3.63) is 24.3 Å². The molecule has 1 aromatic carbocycles. The summed E-state index contributed by atoms with van der Waals surface area (Å²) >= 11 is 0. The molecule has 1 aromatic rings. The first-order valence-electron chi connectivity index (χ1n) is 9.83. The van der Waals surface area contributed by atoms with E-state index in [1.807, 2.05) is 24.3 Å². The fourth-order valence-electron chi connectivity index (χ4n) is 3.00. The molecule has 146 valence electrons. The van der Waals surface area contributed by atoms with Gasteiger partial charge in [0, 0.05) is 13.1 Å². The summed E-state index contributed by atoms with van der Waals surface area (Å²) in [4.78, 5) is 7.21. The molecule has 0 aromatic heterocycles. The van der Waals surface area contributed by atoms with Crippen molar-refractivity contribution >= 4 is 5.96 Å². The minimum absolute atomic E-state index is 0.589. The summed E-state index contributed by atoms with van der Waals surface area (Å²) in [5, 5.41) is 6.61. The number of guanidine groups is 1. The molecule has 26 heavy (non-hydrogen) atoms. The molecule has 6 nitrogen and oxygen atoms in total. The number of aliphatic imine (C=N–C) groups is 1. The van der Waals surface area contributed by atoms with Crippen molar-refractivity contribution in [3.8, 4) is 11.5 Å². The Balaban J connectivity index is 1.59. The van der Waals surface area contributed by atoms with Gasteiger partial charge in [-0.3, -0.25) is 4.99 Å². The van der Waals surface area contributed by atoms with Crippen LogP contribution in [0.5, 0.6) is 11.5 Å². The first-order valence-corrected chi connectivity index (χ1v) is 9.83. The van der Waals surface area contributed by atoms with E-state index in [2.05, 4.69) is 27.4 Å². The molecule has 1 saturated heterocycles. The predicted molar refractivity (Wildman–Crippen MR) is 107 cm³/mol. The third kappa shape index (κ3) is 7.95. The Labute approximate surface area is 158 Å². The van der Waals surface area contributed by atoms with E-state index in [4.69, 9.17) is 9.47 Å². The second kappa shape index (κ2) is 12.4. The average molecular weight is 363 g/mol. The maximum Gasteiger partial charge on any atom is 0.191 e. The summed E-state index contributed by atoms with van der Waals surface area (Å²) in [6.45, 7) is 8.88. The van der Waals surface area contributed by atoms with Crippen LogP contribution in [0.25, 0.3) is 0 Å². The standard InChI is InChI=1S/C20H34N4O2/c1-3-21-20(22-12-4-5-14-24-15-6-7-16-24)23-13-17-26-19-10-8-18(25-2)9-11-19/h8-11H,3-7,12-17H2,1-2H3,(H2,21,22,23). The van der Waals surface area contributed by atoms with Crippen LogP contribution >= 0.6 is 0 Å². The second-order valence-electron chi connectivity index (χ2n) is 6.47. The van der Waals surface area contributed by atoms with E-state index < -0.39 is 0 Å². The summed E-state index contributed by atoms with van der Waals surface area (Å²) in [5.41, 5.74) is 0. The van der Waals surface area contributed by atoms with Gasteiger partial charge in [-0.2, -0.15) is 0 Å². The molecule has 0 bridgehead atoms. The molecule has 0 amide bonds. The largest absolute Gasteiger partial charge is 0.497 e. The lowest BCUT2D eigenvalue weighted by molar-refractivity contribution is 0.321. The molecule has 0 radical (unpaired) electrons. The second-order valence-corrected chi connectivity index (χ2v) is 6.47. The number of ether oxygens (including phenoxy) is 2. The van der Waals surface area contributed by atoms with Crippen LogP contribution in [0.15, 0.2) is 29.3 Å². The summed E-state index contributed by atoms with van der Waals surface area (Å²) in [6.07, 6.45) is 5.09. The minimum Gasteiger partial charge on any atom is -0.497 e. The molecule has 1 fully saturated rings. The van der Waals surface area contributed by atoms with Crippen molar-refractivity contribution in [2.24, 2.45) is 4.99 Å². The molecule has 1 aliphatic heterocycles. The van der Waals surface area contributed by atoms with Crippen molar-refractivity contribution in [2.45, 2.75) is 32.6 Å². The Bertz CT molecular complexity index is 513. The fraction of sp³-hybridized carbons (Fsp3) is 0.650. The van der Waals surface area contributed by atoms with Crippen molar-refractivity contribution in [1.29, 1.82) is 0 Å². The third-order valence-corrected chi connectivity index (χ3v) is 4.42. The predicted octanol–water partition coefficient (Wildman–Crippen LogP) is 2.51. The van der Waals surface area contributed by atoms with Crippen LogP contribution in [0.3, 0.4) is 0 Å². The van der Waals surface area contributed by atoms with Gasteiger partial charge in [-0.05, 0) is 76.5 Å². The average Bonchev–Trinajstić information content (AvgIpc) is 3.18. The number of rotatable bonds is 11. The van der Waals surface area contributed by atoms with Crippen molar-refractivity contribution in [1.82, 2.24) is 15.5 Å². The monoisotopic (exact) mass is 362 g/mol. The van der Waals surface area contributed by atoms with Gasteiger partial charge < -0.3 is 25.0 Å². The third-order valence-electron chi connectivity index (χ3n) is 4.42. The zero-order valence-corrected chi connectivity index (χ0v) is 16.3. The van der Waals surface area contributed by atoms with Crippen LogP contribution in [-0.2, 0) is 0 Å². The van der Waals surface area contributed by atoms with Gasteiger partial charge in [0.2, 0.25) is 0 Å². The lowest BCUT2D eigenvalue weighted by atomic mass is 10.3. The highest BCUT2D eigenvalue weighted by Crippen LogP contribution is 2.16. The maximum atomic E-state index is 5.73. The summed E-state index contributed by atoms with van der Waals surface area (Å²) in [6, 6.07) is 7.63. The molecule has 0 spiro atoms. The zero-order chi connectivity index (χ0) is 18.5. The lowest BCUT2D eigenvalue weighted by Gasteiger charge is -2.14. The molecule has 2 rings (SSSR count). The minimum atomic E-state index is 0.589. The highest BCUT2D eigenvalue weighted by atomic mass is 16.5. The molecule has 0 saturated carbocycles. The van der Waals surface area contributed by atoms with Crippen LogP contribution < -0.4 is 20.1 Å². The first-order chi connectivity index (χ1) is 12.8. The van der Waals surface area contributed by atoms with E-state index in [1.165, 1.54) is 38.9 Å². The Morgan fingerprint density at radius 1 is 1.08 bits per heavy atom. The highest BCUT2D eigenvalue weighted by Gasteiger charge is 2.09. The van der Waals surface area contributed by atoms with E-state index in [0.717, 1.165) is 37.0 Å². The van der Waals surface area contributed by atoms with Crippen LogP contribution in [-0.4, -0.2) is 63.8 Å². The van der Waals surface area contributed by atoms with Gasteiger partial charge in [-0.15, -0.1) is 0 Å². The van der Waals surface area contributed by atoms with E-state index >= 15 is 0 Å². The number of hydrogen-bond donors (Lipinski definition) is 2. The van der Waals surface area contributed by atoms with E-state index in [0.29, 0.717) is 13.2 Å². The van der Waals surface area contributed by atoms with Crippen LogP contribution in [0.2, 0.25) is 0 Å². The van der Waals surface area contributed by atoms with Gasteiger partial charge in [0.15, 0.2) is 5.96 Å². The highest BCUT2D eigenvalue weighted by molar-refractivity contribution is 5.79. The van der Waals surface area contributed by atoms with Gasteiger partial charge in [-0.1, -0.05) is 0 Å². The van der Waals surface area contributed by atoms with Crippen LogP contribution in [0.4, 0.5) is 0 Å².